The smallest absolute Gasteiger partial charge is 0.250 e. The Balaban J connectivity index is 2.03. The monoisotopic (exact) mass is 548 g/mol. The van der Waals surface area contributed by atoms with Crippen LogP contribution in [0.1, 0.15) is 32.0 Å². The van der Waals surface area contributed by atoms with Crippen LogP contribution in [0.25, 0.3) is 0 Å². The Morgan fingerprint density at radius 2 is 1.67 bits per heavy atom. The molecule has 0 N–H and O–H groups in total. The number of ether oxygens (including phenoxy) is 2. The summed E-state index contributed by atoms with van der Waals surface area (Å²) in [5, 5.41) is 0.973. The van der Waals surface area contributed by atoms with E-state index in [1.807, 2.05) is 31.3 Å². The van der Waals surface area contributed by atoms with Gasteiger partial charge in [0.05, 0.1) is 19.9 Å². The van der Waals surface area contributed by atoms with Crippen LogP contribution in [0.15, 0.2) is 57.1 Å². The van der Waals surface area contributed by atoms with Gasteiger partial charge in [0.2, 0.25) is 5.75 Å². The zero-order valence-electron chi connectivity index (χ0n) is 20.7. The lowest BCUT2D eigenvalue weighted by molar-refractivity contribution is 0.339. The molecule has 5 nitrogen and oxygen atoms in total. The number of halogens is 1. The first-order valence-electron chi connectivity index (χ1n) is 10.9. The lowest BCUT2D eigenvalue weighted by Gasteiger charge is -2.37. The highest BCUT2D eigenvalue weighted by Gasteiger charge is 2.40. The maximum Gasteiger partial charge on any atom is 0.250 e. The van der Waals surface area contributed by atoms with Crippen molar-refractivity contribution >= 4 is 36.0 Å². The summed E-state index contributed by atoms with van der Waals surface area (Å²) in [5.41, 5.74) is 2.11. The highest BCUT2D eigenvalue weighted by Crippen LogP contribution is 2.46. The van der Waals surface area contributed by atoms with E-state index in [-0.39, 0.29) is 5.04 Å². The van der Waals surface area contributed by atoms with Gasteiger partial charge in [-0.25, -0.2) is 4.98 Å². The van der Waals surface area contributed by atoms with Crippen molar-refractivity contribution in [3.05, 3.63) is 58.3 Å². The van der Waals surface area contributed by atoms with Crippen molar-refractivity contribution in [2.45, 2.75) is 55.4 Å². The summed E-state index contributed by atoms with van der Waals surface area (Å²) in [6.45, 7) is 11.2. The third-order valence-corrected chi connectivity index (χ3v) is 12.2. The Labute approximate surface area is 211 Å². The second kappa shape index (κ2) is 10.2. The number of methoxy groups -OCH3 is 2. The molecule has 0 amide bonds. The van der Waals surface area contributed by atoms with Gasteiger partial charge in [0.15, 0.2) is 16.7 Å². The molecule has 0 aliphatic heterocycles. The van der Waals surface area contributed by atoms with Gasteiger partial charge in [-0.1, -0.05) is 56.8 Å². The predicted molar refractivity (Wildman–Crippen MR) is 142 cm³/mol. The summed E-state index contributed by atoms with van der Waals surface area (Å²) in [7, 11) is 3.24. The molecule has 0 aliphatic carbocycles. The van der Waals surface area contributed by atoms with E-state index in [2.05, 4.69) is 72.6 Å². The average Bonchev–Trinajstić information content (AvgIpc) is 3.01. The van der Waals surface area contributed by atoms with E-state index in [0.29, 0.717) is 17.9 Å². The predicted octanol–water partition coefficient (Wildman–Crippen LogP) is 7.33. The third-order valence-electron chi connectivity index (χ3n) is 6.18. The van der Waals surface area contributed by atoms with E-state index < -0.39 is 8.32 Å². The lowest BCUT2D eigenvalue weighted by Crippen LogP contribution is -2.44. The molecule has 178 valence electrons. The number of benzene rings is 2. The summed E-state index contributed by atoms with van der Waals surface area (Å²) in [6, 6.07) is 14.3. The van der Waals surface area contributed by atoms with Crippen LogP contribution < -0.4 is 13.9 Å². The fraction of sp³-hybridized carbons (Fsp3) is 0.400. The number of nitrogens with zero attached hydrogens (tertiary/aromatic N) is 2. The van der Waals surface area contributed by atoms with Gasteiger partial charge in [-0.15, -0.1) is 0 Å². The molecular weight excluding hydrogens is 516 g/mol. The first-order valence-corrected chi connectivity index (χ1v) is 15.4. The van der Waals surface area contributed by atoms with Crippen molar-refractivity contribution in [3.63, 3.8) is 0 Å². The SMILES string of the molecule is COc1ccc(Cc2c(Br)nc(Sc3ccccc3)n2C)c(O[Si](C)(C)C(C)(C)C)c1OC. The van der Waals surface area contributed by atoms with E-state index in [1.165, 1.54) is 0 Å². The van der Waals surface area contributed by atoms with Gasteiger partial charge in [0.1, 0.15) is 4.60 Å². The molecule has 0 unspecified atom stereocenters. The van der Waals surface area contributed by atoms with E-state index in [0.717, 1.165) is 31.7 Å². The van der Waals surface area contributed by atoms with Crippen molar-refractivity contribution in [1.82, 2.24) is 9.55 Å². The van der Waals surface area contributed by atoms with Gasteiger partial charge in [-0.2, -0.15) is 0 Å². The van der Waals surface area contributed by atoms with Gasteiger partial charge in [0, 0.05) is 23.9 Å². The maximum atomic E-state index is 6.80. The van der Waals surface area contributed by atoms with E-state index in [4.69, 9.17) is 18.9 Å². The van der Waals surface area contributed by atoms with E-state index in [1.54, 1.807) is 26.0 Å². The number of rotatable bonds is 8. The van der Waals surface area contributed by atoms with Crippen LogP contribution in [0, 0.1) is 0 Å². The van der Waals surface area contributed by atoms with Crippen LogP contribution >= 0.6 is 27.7 Å². The Bertz CT molecular complexity index is 1110. The van der Waals surface area contributed by atoms with Crippen LogP contribution in [-0.2, 0) is 13.5 Å². The van der Waals surface area contributed by atoms with Gasteiger partial charge in [-0.3, -0.25) is 0 Å². The van der Waals surface area contributed by atoms with Crippen LogP contribution in [0.5, 0.6) is 17.2 Å². The minimum Gasteiger partial charge on any atom is -0.541 e. The lowest BCUT2D eigenvalue weighted by atomic mass is 10.1. The second-order valence-electron chi connectivity index (χ2n) is 9.43. The van der Waals surface area contributed by atoms with Crippen LogP contribution in [0.3, 0.4) is 0 Å². The molecule has 0 radical (unpaired) electrons. The van der Waals surface area contributed by atoms with E-state index >= 15 is 0 Å². The number of hydrogen-bond donors (Lipinski definition) is 0. The van der Waals surface area contributed by atoms with Crippen molar-refractivity contribution < 1.29 is 13.9 Å². The highest BCUT2D eigenvalue weighted by atomic mass is 79.9. The molecule has 0 spiro atoms. The van der Waals surface area contributed by atoms with Crippen molar-refractivity contribution in [2.24, 2.45) is 7.05 Å². The molecule has 0 bridgehead atoms. The van der Waals surface area contributed by atoms with Crippen molar-refractivity contribution in [3.8, 4) is 17.2 Å². The van der Waals surface area contributed by atoms with Gasteiger partial charge in [-0.05, 0) is 52.3 Å². The summed E-state index contributed by atoms with van der Waals surface area (Å²) in [6.07, 6.45) is 0.643. The average molecular weight is 550 g/mol. The standard InChI is InChI=1S/C25H33BrN2O3SSi/c1-25(2,3)33(7,8)31-21-17(14-15-20(29-5)22(21)30-6)16-19-23(26)27-24(28(19)4)32-18-12-10-9-11-13-18/h9-15H,16H2,1-8H3. The molecule has 8 heteroatoms. The number of imidazole rings is 1. The largest absolute Gasteiger partial charge is 0.541 e. The van der Waals surface area contributed by atoms with Gasteiger partial charge < -0.3 is 18.5 Å². The first-order chi connectivity index (χ1) is 15.5. The molecule has 3 aromatic rings. The molecule has 0 atom stereocenters. The molecule has 1 aromatic heterocycles. The van der Waals surface area contributed by atoms with Crippen LogP contribution in [0.4, 0.5) is 0 Å². The summed E-state index contributed by atoms with van der Waals surface area (Å²) in [4.78, 5) is 5.93. The normalized spacial score (nSPS) is 12.0. The van der Waals surface area contributed by atoms with Crippen LogP contribution in [-0.4, -0.2) is 32.1 Å². The minimum absolute atomic E-state index is 0.0466. The summed E-state index contributed by atoms with van der Waals surface area (Å²) < 4.78 is 21.1. The zero-order chi connectivity index (χ0) is 24.4. The highest BCUT2D eigenvalue weighted by molar-refractivity contribution is 9.10. The third kappa shape index (κ3) is 5.61. The summed E-state index contributed by atoms with van der Waals surface area (Å²) in [5.74, 6) is 2.06. The molecule has 0 aliphatic rings. The second-order valence-corrected chi connectivity index (χ2v) is 16.0. The molecule has 33 heavy (non-hydrogen) atoms. The fourth-order valence-corrected chi connectivity index (χ4v) is 5.75. The molecular formula is C25H33BrN2O3SSi. The Hall–Kier alpha value is -1.90. The molecule has 1 heterocycles. The molecule has 2 aromatic carbocycles. The quantitative estimate of drug-likeness (QED) is 0.276. The molecule has 0 fully saturated rings. The molecule has 0 saturated carbocycles. The zero-order valence-corrected chi connectivity index (χ0v) is 24.1. The molecule has 0 saturated heterocycles. The Morgan fingerprint density at radius 1 is 1.00 bits per heavy atom. The Morgan fingerprint density at radius 3 is 2.24 bits per heavy atom. The number of aromatic nitrogens is 2. The fourth-order valence-electron chi connectivity index (χ4n) is 3.13. The van der Waals surface area contributed by atoms with Crippen molar-refractivity contribution in [2.75, 3.05) is 14.2 Å². The maximum absolute atomic E-state index is 6.80. The van der Waals surface area contributed by atoms with Gasteiger partial charge in [0.25, 0.3) is 8.32 Å². The first kappa shape index (κ1) is 25.7. The summed E-state index contributed by atoms with van der Waals surface area (Å²) >= 11 is 5.33. The minimum atomic E-state index is -2.12. The topological polar surface area (TPSA) is 45.5 Å². The van der Waals surface area contributed by atoms with E-state index in [9.17, 15) is 0 Å². The van der Waals surface area contributed by atoms with Gasteiger partial charge >= 0.3 is 0 Å². The number of hydrogen-bond acceptors (Lipinski definition) is 5. The Kier molecular flexibility index (Phi) is 7.91. The van der Waals surface area contributed by atoms with Crippen LogP contribution in [0.2, 0.25) is 18.1 Å². The molecule has 3 rings (SSSR count). The van der Waals surface area contributed by atoms with Crippen molar-refractivity contribution in [1.29, 1.82) is 0 Å².